The Bertz CT molecular complexity index is 1060. The molecule has 0 spiro atoms. The highest BCUT2D eigenvalue weighted by Crippen LogP contribution is 2.20. The van der Waals surface area contributed by atoms with Crippen molar-refractivity contribution >= 4 is 34.5 Å². The van der Waals surface area contributed by atoms with Crippen LogP contribution in [0.2, 0.25) is 0 Å². The number of primary amides is 1. The highest BCUT2D eigenvalue weighted by molar-refractivity contribution is 6.27. The van der Waals surface area contributed by atoms with Crippen molar-refractivity contribution in [2.75, 3.05) is 0 Å². The Morgan fingerprint density at radius 2 is 1.85 bits per heavy atom. The van der Waals surface area contributed by atoms with Crippen LogP contribution in [0.25, 0.3) is 17.0 Å². The van der Waals surface area contributed by atoms with Gasteiger partial charge in [0.1, 0.15) is 0 Å². The van der Waals surface area contributed by atoms with Crippen molar-refractivity contribution in [3.63, 3.8) is 0 Å². The number of para-hydroxylation sites is 1. The summed E-state index contributed by atoms with van der Waals surface area (Å²) in [4.78, 5) is 26.6. The number of amides is 2. The Morgan fingerprint density at radius 3 is 2.59 bits per heavy atom. The lowest BCUT2D eigenvalue weighted by atomic mass is 10.0. The van der Waals surface area contributed by atoms with Crippen molar-refractivity contribution in [1.29, 1.82) is 0 Å². The number of aromatic amines is 1. The summed E-state index contributed by atoms with van der Waals surface area (Å²) in [6.07, 6.45) is 3.15. The molecule has 1 aromatic heterocycles. The van der Waals surface area contributed by atoms with Gasteiger partial charge in [0.25, 0.3) is 5.91 Å². The first kappa shape index (κ1) is 16.8. The van der Waals surface area contributed by atoms with Gasteiger partial charge in [0.05, 0.1) is 11.3 Å². The zero-order chi connectivity index (χ0) is 18.8. The van der Waals surface area contributed by atoms with Crippen LogP contribution in [0.15, 0.2) is 65.3 Å². The van der Waals surface area contributed by atoms with Gasteiger partial charge in [-0.1, -0.05) is 30.3 Å². The standard InChI is InChI=1S/C21H18N4O2/c22-20(26)14-8-5-13(6-9-14)7-10-19-17(21(27)25-24-19)12-16-11-15-3-1-2-4-18(15)23-16/h1-6,8-9,11-12,23H,7,10H2,(H2,22,26)(H,25,27). The highest BCUT2D eigenvalue weighted by Gasteiger charge is 2.22. The summed E-state index contributed by atoms with van der Waals surface area (Å²) in [7, 11) is 0. The number of nitrogens with zero attached hydrogens (tertiary/aromatic N) is 1. The number of hydrogen-bond acceptors (Lipinski definition) is 3. The summed E-state index contributed by atoms with van der Waals surface area (Å²) in [6, 6.07) is 17.1. The molecule has 1 aliphatic rings. The fraction of sp³-hybridized carbons (Fsp3) is 0.0952. The molecule has 1 aliphatic heterocycles. The van der Waals surface area contributed by atoms with Gasteiger partial charge in [-0.25, -0.2) is 5.43 Å². The monoisotopic (exact) mass is 358 g/mol. The lowest BCUT2D eigenvalue weighted by Gasteiger charge is -2.03. The van der Waals surface area contributed by atoms with Crippen LogP contribution in [-0.2, 0) is 11.2 Å². The van der Waals surface area contributed by atoms with Gasteiger partial charge < -0.3 is 10.7 Å². The zero-order valence-electron chi connectivity index (χ0n) is 14.5. The smallest absolute Gasteiger partial charge is 0.273 e. The van der Waals surface area contributed by atoms with Crippen molar-refractivity contribution in [2.45, 2.75) is 12.8 Å². The van der Waals surface area contributed by atoms with Gasteiger partial charge >= 0.3 is 0 Å². The molecule has 2 heterocycles. The van der Waals surface area contributed by atoms with E-state index in [0.29, 0.717) is 24.0 Å². The van der Waals surface area contributed by atoms with E-state index < -0.39 is 5.91 Å². The molecule has 0 saturated carbocycles. The van der Waals surface area contributed by atoms with E-state index in [0.717, 1.165) is 27.9 Å². The Morgan fingerprint density at radius 1 is 1.07 bits per heavy atom. The van der Waals surface area contributed by atoms with Gasteiger partial charge in [-0.2, -0.15) is 5.10 Å². The normalized spacial score (nSPS) is 15.2. The first-order valence-electron chi connectivity index (χ1n) is 8.65. The number of H-pyrrole nitrogens is 1. The van der Waals surface area contributed by atoms with Gasteiger partial charge in [-0.05, 0) is 54.1 Å². The third-order valence-corrected chi connectivity index (χ3v) is 4.59. The second-order valence-electron chi connectivity index (χ2n) is 6.43. The van der Waals surface area contributed by atoms with Gasteiger partial charge in [-0.15, -0.1) is 0 Å². The third-order valence-electron chi connectivity index (χ3n) is 4.59. The lowest BCUT2D eigenvalue weighted by molar-refractivity contribution is -0.116. The number of rotatable bonds is 5. The van der Waals surface area contributed by atoms with Crippen LogP contribution in [0.3, 0.4) is 0 Å². The molecule has 0 aliphatic carbocycles. The number of hydrazone groups is 1. The first-order valence-corrected chi connectivity index (χ1v) is 8.65. The summed E-state index contributed by atoms with van der Waals surface area (Å²) in [5, 5.41) is 5.26. The van der Waals surface area contributed by atoms with Crippen molar-refractivity contribution in [3.05, 3.63) is 77.0 Å². The number of nitrogens with one attached hydrogen (secondary N) is 2. The SMILES string of the molecule is NC(=O)c1ccc(CCC2=NNC(=O)C2=Cc2cc3ccccc3[nH]2)cc1. The molecule has 6 heteroatoms. The average Bonchev–Trinajstić information content (AvgIpc) is 3.24. The van der Waals surface area contributed by atoms with Gasteiger partial charge in [0.2, 0.25) is 5.91 Å². The quantitative estimate of drug-likeness (QED) is 0.611. The van der Waals surface area contributed by atoms with E-state index in [1.54, 1.807) is 12.1 Å². The van der Waals surface area contributed by atoms with E-state index in [2.05, 4.69) is 15.5 Å². The summed E-state index contributed by atoms with van der Waals surface area (Å²) in [5.74, 6) is -0.646. The largest absolute Gasteiger partial charge is 0.366 e. The summed E-state index contributed by atoms with van der Waals surface area (Å²) < 4.78 is 0. The molecule has 0 bridgehead atoms. The number of fused-ring (bicyclic) bond motifs is 1. The van der Waals surface area contributed by atoms with Crippen LogP contribution >= 0.6 is 0 Å². The van der Waals surface area contributed by atoms with E-state index in [1.165, 1.54) is 0 Å². The molecular weight excluding hydrogens is 340 g/mol. The number of benzene rings is 2. The number of nitrogens with two attached hydrogens (primary N) is 1. The van der Waals surface area contributed by atoms with Crippen molar-refractivity contribution < 1.29 is 9.59 Å². The number of aryl methyl sites for hydroxylation is 1. The van der Waals surface area contributed by atoms with E-state index >= 15 is 0 Å². The minimum Gasteiger partial charge on any atom is -0.366 e. The molecule has 0 radical (unpaired) electrons. The van der Waals surface area contributed by atoms with Crippen molar-refractivity contribution in [1.82, 2.24) is 10.4 Å². The van der Waals surface area contributed by atoms with Crippen molar-refractivity contribution in [3.8, 4) is 0 Å². The van der Waals surface area contributed by atoms with E-state index in [1.807, 2.05) is 48.5 Å². The topological polar surface area (TPSA) is 100 Å². The molecule has 0 fully saturated rings. The van der Waals surface area contributed by atoms with Crippen LogP contribution in [0.1, 0.15) is 28.0 Å². The second kappa shape index (κ2) is 6.92. The van der Waals surface area contributed by atoms with Gasteiger partial charge in [0, 0.05) is 16.8 Å². The average molecular weight is 358 g/mol. The first-order chi connectivity index (χ1) is 13.1. The minimum absolute atomic E-state index is 0.201. The van der Waals surface area contributed by atoms with Crippen molar-refractivity contribution in [2.24, 2.45) is 10.8 Å². The van der Waals surface area contributed by atoms with E-state index in [4.69, 9.17) is 5.73 Å². The number of carbonyl (C=O) groups excluding carboxylic acids is 2. The van der Waals surface area contributed by atoms with Crippen LogP contribution in [0, 0.1) is 0 Å². The van der Waals surface area contributed by atoms with E-state index in [9.17, 15) is 9.59 Å². The van der Waals surface area contributed by atoms with E-state index in [-0.39, 0.29) is 5.91 Å². The van der Waals surface area contributed by atoms with Crippen LogP contribution < -0.4 is 11.2 Å². The Labute approximate surface area is 155 Å². The fourth-order valence-electron chi connectivity index (χ4n) is 3.14. The molecule has 4 N–H and O–H groups in total. The van der Waals surface area contributed by atoms with Crippen LogP contribution in [0.5, 0.6) is 0 Å². The maximum atomic E-state index is 12.2. The number of carbonyl (C=O) groups is 2. The molecule has 27 heavy (non-hydrogen) atoms. The minimum atomic E-state index is -0.444. The molecule has 0 saturated heterocycles. The third kappa shape index (κ3) is 3.50. The van der Waals surface area contributed by atoms with Gasteiger partial charge in [-0.3, -0.25) is 9.59 Å². The molecule has 2 aromatic carbocycles. The maximum absolute atomic E-state index is 12.2. The molecule has 134 valence electrons. The predicted molar refractivity (Wildman–Crippen MR) is 105 cm³/mol. The summed E-state index contributed by atoms with van der Waals surface area (Å²) in [6.45, 7) is 0. The lowest BCUT2D eigenvalue weighted by Crippen LogP contribution is -2.13. The zero-order valence-corrected chi connectivity index (χ0v) is 14.5. The van der Waals surface area contributed by atoms with Crippen LogP contribution in [0.4, 0.5) is 0 Å². The second-order valence-corrected chi connectivity index (χ2v) is 6.43. The molecule has 3 aromatic rings. The summed E-state index contributed by atoms with van der Waals surface area (Å²) >= 11 is 0. The number of hydrogen-bond donors (Lipinski definition) is 3. The molecule has 0 atom stereocenters. The molecule has 0 unspecified atom stereocenters. The van der Waals surface area contributed by atoms with Crippen LogP contribution in [-0.4, -0.2) is 22.5 Å². The number of aromatic nitrogens is 1. The molecule has 4 rings (SSSR count). The summed E-state index contributed by atoms with van der Waals surface area (Å²) in [5.41, 5.74) is 12.5. The van der Waals surface area contributed by atoms with Gasteiger partial charge in [0.15, 0.2) is 0 Å². The molecule has 6 nitrogen and oxygen atoms in total. The highest BCUT2D eigenvalue weighted by atomic mass is 16.2. The Hall–Kier alpha value is -3.67. The molecule has 2 amide bonds. The molecular formula is C21H18N4O2. The fourth-order valence-corrected chi connectivity index (χ4v) is 3.14. The Kier molecular flexibility index (Phi) is 4.30. The Balaban J connectivity index is 1.51. The maximum Gasteiger partial charge on any atom is 0.273 e. The predicted octanol–water partition coefficient (Wildman–Crippen LogP) is 2.77.